The van der Waals surface area contributed by atoms with Crippen molar-refractivity contribution in [3.8, 4) is 0 Å². The molecule has 1 aliphatic rings. The maximum Gasteiger partial charge on any atom is 0.134 e. The topological polar surface area (TPSA) is 38.2 Å². The van der Waals surface area contributed by atoms with Crippen LogP contribution in [0.3, 0.4) is 0 Å². The second-order valence-corrected chi connectivity index (χ2v) is 4.50. The van der Waals surface area contributed by atoms with Crippen molar-refractivity contribution < 1.29 is 4.74 Å². The molecule has 0 aromatic carbocycles. The van der Waals surface area contributed by atoms with Gasteiger partial charge in [-0.1, -0.05) is 11.6 Å². The summed E-state index contributed by atoms with van der Waals surface area (Å²) in [6.45, 7) is 3.57. The smallest absolute Gasteiger partial charge is 0.134 e. The third-order valence-corrected chi connectivity index (χ3v) is 2.88. The lowest BCUT2D eigenvalue weighted by Gasteiger charge is -2.21. The predicted octanol–water partition coefficient (Wildman–Crippen LogP) is 2.05. The van der Waals surface area contributed by atoms with Crippen LogP contribution in [0, 0.1) is 6.92 Å². The number of ether oxygens (including phenoxy) is 1. The Bertz CT molecular complexity index is 346. The van der Waals surface area contributed by atoms with Gasteiger partial charge in [0.25, 0.3) is 0 Å². The van der Waals surface area contributed by atoms with Gasteiger partial charge in [-0.3, -0.25) is 0 Å². The van der Waals surface area contributed by atoms with E-state index in [4.69, 9.17) is 16.3 Å². The van der Waals surface area contributed by atoms with Crippen molar-refractivity contribution in [1.82, 2.24) is 9.97 Å². The Hall–Kier alpha value is -0.870. The van der Waals surface area contributed by atoms with E-state index >= 15 is 0 Å². The van der Waals surface area contributed by atoms with Gasteiger partial charge >= 0.3 is 0 Å². The van der Waals surface area contributed by atoms with Gasteiger partial charge in [0.2, 0.25) is 0 Å². The van der Waals surface area contributed by atoms with Gasteiger partial charge in [-0.15, -0.1) is 0 Å². The van der Waals surface area contributed by atoms with Crippen LogP contribution in [0.25, 0.3) is 0 Å². The average Bonchev–Trinajstić information content (AvgIpc) is 2.68. The van der Waals surface area contributed by atoms with Crippen molar-refractivity contribution in [3.05, 3.63) is 17.0 Å². The van der Waals surface area contributed by atoms with Crippen LogP contribution in [0.4, 0.5) is 5.82 Å². The third-order valence-electron chi connectivity index (χ3n) is 2.69. The van der Waals surface area contributed by atoms with Crippen LogP contribution in [0.15, 0.2) is 6.07 Å². The molecule has 0 bridgehead atoms. The Kier molecular flexibility index (Phi) is 3.61. The Morgan fingerprint density at radius 1 is 1.56 bits per heavy atom. The lowest BCUT2D eigenvalue weighted by molar-refractivity contribution is 0.116. The van der Waals surface area contributed by atoms with E-state index in [1.165, 1.54) is 0 Å². The van der Waals surface area contributed by atoms with E-state index in [0.29, 0.717) is 17.1 Å². The van der Waals surface area contributed by atoms with Gasteiger partial charge in [-0.2, -0.15) is 0 Å². The van der Waals surface area contributed by atoms with Crippen LogP contribution in [-0.4, -0.2) is 36.3 Å². The Morgan fingerprint density at radius 3 is 3.00 bits per heavy atom. The molecule has 0 spiro atoms. The summed E-state index contributed by atoms with van der Waals surface area (Å²) in [4.78, 5) is 10.5. The fourth-order valence-electron chi connectivity index (χ4n) is 1.90. The van der Waals surface area contributed by atoms with Gasteiger partial charge in [0.15, 0.2) is 0 Å². The number of hydrogen-bond donors (Lipinski definition) is 0. The van der Waals surface area contributed by atoms with E-state index < -0.39 is 0 Å². The molecule has 0 N–H and O–H groups in total. The van der Waals surface area contributed by atoms with E-state index in [1.54, 1.807) is 6.07 Å². The molecule has 16 heavy (non-hydrogen) atoms. The Morgan fingerprint density at radius 2 is 2.38 bits per heavy atom. The molecule has 0 saturated carbocycles. The van der Waals surface area contributed by atoms with Gasteiger partial charge in [-0.25, -0.2) is 9.97 Å². The molecule has 1 saturated heterocycles. The first kappa shape index (κ1) is 11.6. The highest BCUT2D eigenvalue weighted by molar-refractivity contribution is 6.29. The zero-order chi connectivity index (χ0) is 11.5. The normalized spacial score (nSPS) is 20.1. The predicted molar refractivity (Wildman–Crippen MR) is 64.0 cm³/mol. The number of rotatable bonds is 3. The molecule has 1 aliphatic heterocycles. The van der Waals surface area contributed by atoms with Crippen LogP contribution in [0.5, 0.6) is 0 Å². The molecular weight excluding hydrogens is 226 g/mol. The molecule has 2 heterocycles. The fraction of sp³-hybridized carbons (Fsp3) is 0.636. The number of hydrogen-bond acceptors (Lipinski definition) is 4. The largest absolute Gasteiger partial charge is 0.376 e. The average molecular weight is 242 g/mol. The number of aromatic nitrogens is 2. The van der Waals surface area contributed by atoms with Crippen molar-refractivity contribution >= 4 is 17.4 Å². The van der Waals surface area contributed by atoms with E-state index in [1.807, 2.05) is 14.0 Å². The lowest BCUT2D eigenvalue weighted by Crippen LogP contribution is -2.29. The number of likely N-dealkylation sites (N-methyl/N-ethyl adjacent to an activating group) is 1. The number of nitrogens with zero attached hydrogens (tertiary/aromatic N) is 3. The van der Waals surface area contributed by atoms with E-state index in [0.717, 1.165) is 31.8 Å². The lowest BCUT2D eigenvalue weighted by atomic mass is 10.2. The van der Waals surface area contributed by atoms with Crippen LogP contribution in [-0.2, 0) is 4.74 Å². The highest BCUT2D eigenvalue weighted by Gasteiger charge is 2.18. The van der Waals surface area contributed by atoms with Crippen molar-refractivity contribution in [2.24, 2.45) is 0 Å². The molecule has 1 unspecified atom stereocenters. The fourth-order valence-corrected chi connectivity index (χ4v) is 2.12. The Balaban J connectivity index is 2.04. The second-order valence-electron chi connectivity index (χ2n) is 4.11. The first-order valence-electron chi connectivity index (χ1n) is 5.49. The zero-order valence-electron chi connectivity index (χ0n) is 9.61. The van der Waals surface area contributed by atoms with Crippen molar-refractivity contribution in [2.75, 3.05) is 25.1 Å². The molecule has 1 aromatic rings. The standard InChI is InChI=1S/C11H16ClN3O/c1-8-13-10(12)6-11(14-8)15(2)7-9-4-3-5-16-9/h6,9H,3-5,7H2,1-2H3. The molecule has 2 rings (SSSR count). The monoisotopic (exact) mass is 241 g/mol. The van der Waals surface area contributed by atoms with Crippen molar-refractivity contribution in [2.45, 2.75) is 25.9 Å². The zero-order valence-corrected chi connectivity index (χ0v) is 10.4. The van der Waals surface area contributed by atoms with Gasteiger partial charge in [-0.05, 0) is 19.8 Å². The molecule has 88 valence electrons. The molecule has 5 heteroatoms. The van der Waals surface area contributed by atoms with Crippen LogP contribution < -0.4 is 4.90 Å². The summed E-state index contributed by atoms with van der Waals surface area (Å²) in [7, 11) is 2.00. The number of aryl methyl sites for hydroxylation is 1. The number of anilines is 1. The van der Waals surface area contributed by atoms with Gasteiger partial charge in [0.05, 0.1) is 6.10 Å². The van der Waals surface area contributed by atoms with Crippen molar-refractivity contribution in [3.63, 3.8) is 0 Å². The minimum atomic E-state index is 0.319. The highest BCUT2D eigenvalue weighted by Crippen LogP contribution is 2.18. The molecule has 0 amide bonds. The molecule has 1 aromatic heterocycles. The van der Waals surface area contributed by atoms with E-state index in [2.05, 4.69) is 14.9 Å². The molecule has 0 aliphatic carbocycles. The highest BCUT2D eigenvalue weighted by atomic mass is 35.5. The third kappa shape index (κ3) is 2.83. The minimum Gasteiger partial charge on any atom is -0.376 e. The molecule has 1 atom stereocenters. The maximum absolute atomic E-state index is 5.90. The second kappa shape index (κ2) is 4.97. The van der Waals surface area contributed by atoms with Gasteiger partial charge < -0.3 is 9.64 Å². The summed E-state index contributed by atoms with van der Waals surface area (Å²) in [6, 6.07) is 1.78. The number of halogens is 1. The van der Waals surface area contributed by atoms with E-state index in [9.17, 15) is 0 Å². The van der Waals surface area contributed by atoms with Crippen LogP contribution in [0.1, 0.15) is 18.7 Å². The molecule has 1 fully saturated rings. The summed E-state index contributed by atoms with van der Waals surface area (Å²) < 4.78 is 5.59. The van der Waals surface area contributed by atoms with Crippen LogP contribution >= 0.6 is 11.6 Å². The Labute approximate surface area is 101 Å². The maximum atomic E-state index is 5.90. The minimum absolute atomic E-state index is 0.319. The molecule has 4 nitrogen and oxygen atoms in total. The van der Waals surface area contributed by atoms with Crippen molar-refractivity contribution in [1.29, 1.82) is 0 Å². The quantitative estimate of drug-likeness (QED) is 0.760. The molecular formula is C11H16ClN3O. The molecule has 0 radical (unpaired) electrons. The summed E-state index contributed by atoms with van der Waals surface area (Å²) in [6.07, 6.45) is 2.60. The SMILES string of the molecule is Cc1nc(Cl)cc(N(C)CC2CCCO2)n1. The first-order chi connectivity index (χ1) is 7.65. The van der Waals surface area contributed by atoms with Crippen LogP contribution in [0.2, 0.25) is 5.15 Å². The summed E-state index contributed by atoms with van der Waals surface area (Å²) >= 11 is 5.90. The van der Waals surface area contributed by atoms with Gasteiger partial charge in [0, 0.05) is 26.3 Å². The summed E-state index contributed by atoms with van der Waals surface area (Å²) in [5, 5.41) is 0.488. The summed E-state index contributed by atoms with van der Waals surface area (Å²) in [5.74, 6) is 1.55. The summed E-state index contributed by atoms with van der Waals surface area (Å²) in [5.41, 5.74) is 0. The van der Waals surface area contributed by atoms with Gasteiger partial charge in [0.1, 0.15) is 16.8 Å². The van der Waals surface area contributed by atoms with E-state index in [-0.39, 0.29) is 0 Å². The first-order valence-corrected chi connectivity index (χ1v) is 5.87.